The zero-order chi connectivity index (χ0) is 14.7. The Morgan fingerprint density at radius 1 is 1.43 bits per heavy atom. The van der Waals surface area contributed by atoms with E-state index in [4.69, 9.17) is 9.15 Å². The van der Waals surface area contributed by atoms with Gasteiger partial charge in [0.05, 0.1) is 13.3 Å². The number of nitrogens with one attached hydrogen (secondary N) is 1. The summed E-state index contributed by atoms with van der Waals surface area (Å²) < 4.78 is 24.1. The molecule has 1 heterocycles. The third-order valence-corrected chi connectivity index (χ3v) is 3.57. The second-order valence-corrected chi connectivity index (χ2v) is 5.30. The Morgan fingerprint density at radius 2 is 2.29 bits per heavy atom. The van der Waals surface area contributed by atoms with Crippen LogP contribution in [0.15, 0.2) is 28.8 Å². The number of aromatic nitrogens is 1. The van der Waals surface area contributed by atoms with E-state index in [9.17, 15) is 4.39 Å². The maximum Gasteiger partial charge on any atom is 0.194 e. The van der Waals surface area contributed by atoms with Gasteiger partial charge in [0.1, 0.15) is 0 Å². The third-order valence-electron chi connectivity index (χ3n) is 3.57. The van der Waals surface area contributed by atoms with Crippen LogP contribution < -0.4 is 10.1 Å². The number of hydrogen-bond acceptors (Lipinski definition) is 4. The van der Waals surface area contributed by atoms with Gasteiger partial charge in [0.25, 0.3) is 0 Å². The molecule has 1 aromatic carbocycles. The molecule has 0 unspecified atom stereocenters. The van der Waals surface area contributed by atoms with Crippen molar-refractivity contribution in [3.8, 4) is 17.1 Å². The van der Waals surface area contributed by atoms with Crippen molar-refractivity contribution in [1.82, 2.24) is 10.3 Å². The topological polar surface area (TPSA) is 47.3 Å². The van der Waals surface area contributed by atoms with Gasteiger partial charge >= 0.3 is 0 Å². The predicted octanol–water partition coefficient (Wildman–Crippen LogP) is 3.17. The first kappa shape index (κ1) is 14.1. The second-order valence-electron chi connectivity index (χ2n) is 5.30. The molecule has 0 saturated heterocycles. The number of benzene rings is 1. The highest BCUT2D eigenvalue weighted by atomic mass is 19.1. The lowest BCUT2D eigenvalue weighted by atomic mass is 10.2. The fraction of sp³-hybridized carbons (Fsp3) is 0.438. The van der Waals surface area contributed by atoms with Crippen LogP contribution in [0.25, 0.3) is 11.3 Å². The number of methoxy groups -OCH3 is 1. The highest BCUT2D eigenvalue weighted by Crippen LogP contribution is 2.27. The van der Waals surface area contributed by atoms with Crippen molar-refractivity contribution < 1.29 is 13.5 Å². The van der Waals surface area contributed by atoms with E-state index in [1.807, 2.05) is 0 Å². The molecule has 0 aliphatic heterocycles. The Bertz CT molecular complexity index is 608. The third kappa shape index (κ3) is 3.61. The van der Waals surface area contributed by atoms with E-state index in [1.54, 1.807) is 18.3 Å². The first-order valence-electron chi connectivity index (χ1n) is 7.28. The molecule has 21 heavy (non-hydrogen) atoms. The second kappa shape index (κ2) is 6.26. The molecule has 0 radical (unpaired) electrons. The average molecular weight is 290 g/mol. The highest BCUT2D eigenvalue weighted by molar-refractivity contribution is 5.59. The minimum Gasteiger partial charge on any atom is -0.494 e. The highest BCUT2D eigenvalue weighted by Gasteiger charge is 2.19. The SMILES string of the molecule is COc1cc(-c2cnc(CCCNC3CC3)o2)ccc1F. The Labute approximate surface area is 123 Å². The molecule has 1 aromatic heterocycles. The van der Waals surface area contributed by atoms with Gasteiger partial charge in [-0.1, -0.05) is 0 Å². The summed E-state index contributed by atoms with van der Waals surface area (Å²) in [6, 6.07) is 5.39. The van der Waals surface area contributed by atoms with Gasteiger partial charge in [0.2, 0.25) is 0 Å². The quantitative estimate of drug-likeness (QED) is 0.796. The fourth-order valence-electron chi connectivity index (χ4n) is 2.21. The molecule has 5 heteroatoms. The summed E-state index contributed by atoms with van der Waals surface area (Å²) in [7, 11) is 1.45. The molecule has 0 amide bonds. The van der Waals surface area contributed by atoms with Gasteiger partial charge in [-0.15, -0.1) is 0 Å². The van der Waals surface area contributed by atoms with Crippen LogP contribution in [0.5, 0.6) is 5.75 Å². The summed E-state index contributed by atoms with van der Waals surface area (Å²) in [5, 5.41) is 3.46. The molecule has 0 spiro atoms. The van der Waals surface area contributed by atoms with Crippen molar-refractivity contribution in [3.05, 3.63) is 36.1 Å². The van der Waals surface area contributed by atoms with Crippen LogP contribution in [0.1, 0.15) is 25.2 Å². The standard InChI is InChI=1S/C16H19FN2O2/c1-20-14-9-11(4-7-13(14)17)15-10-19-16(21-15)3-2-8-18-12-5-6-12/h4,7,9-10,12,18H,2-3,5-6,8H2,1H3. The Balaban J connectivity index is 1.60. The molecule has 1 aliphatic rings. The van der Waals surface area contributed by atoms with Crippen LogP contribution in [-0.2, 0) is 6.42 Å². The van der Waals surface area contributed by atoms with Gasteiger partial charge in [-0.25, -0.2) is 9.37 Å². The van der Waals surface area contributed by atoms with Crippen LogP contribution in [-0.4, -0.2) is 24.7 Å². The lowest BCUT2D eigenvalue weighted by molar-refractivity contribution is 0.386. The largest absolute Gasteiger partial charge is 0.494 e. The number of ether oxygens (including phenoxy) is 1. The van der Waals surface area contributed by atoms with Gasteiger partial charge in [0.15, 0.2) is 23.2 Å². The van der Waals surface area contributed by atoms with Crippen LogP contribution in [0, 0.1) is 5.82 Å². The van der Waals surface area contributed by atoms with Gasteiger partial charge in [-0.05, 0) is 44.0 Å². The Hall–Kier alpha value is -1.88. The smallest absolute Gasteiger partial charge is 0.194 e. The van der Waals surface area contributed by atoms with Crippen LogP contribution in [0.2, 0.25) is 0 Å². The van der Waals surface area contributed by atoms with Crippen molar-refractivity contribution in [2.45, 2.75) is 31.7 Å². The molecular formula is C16H19FN2O2. The van der Waals surface area contributed by atoms with Crippen molar-refractivity contribution in [2.24, 2.45) is 0 Å². The van der Waals surface area contributed by atoms with Crippen LogP contribution >= 0.6 is 0 Å². The molecule has 1 fully saturated rings. The summed E-state index contributed by atoms with van der Waals surface area (Å²) in [5.41, 5.74) is 0.767. The Morgan fingerprint density at radius 3 is 3.05 bits per heavy atom. The molecule has 1 aliphatic carbocycles. The maximum atomic E-state index is 13.4. The van der Waals surface area contributed by atoms with Crippen molar-refractivity contribution >= 4 is 0 Å². The molecule has 3 rings (SSSR count). The van der Waals surface area contributed by atoms with Crippen LogP contribution in [0.3, 0.4) is 0 Å². The van der Waals surface area contributed by atoms with E-state index in [1.165, 1.54) is 26.0 Å². The van der Waals surface area contributed by atoms with E-state index in [0.717, 1.165) is 31.0 Å². The lowest BCUT2D eigenvalue weighted by Gasteiger charge is -2.03. The number of rotatable bonds is 7. The number of oxazole rings is 1. The molecule has 1 N–H and O–H groups in total. The summed E-state index contributed by atoms with van der Waals surface area (Å²) >= 11 is 0. The lowest BCUT2D eigenvalue weighted by Crippen LogP contribution is -2.17. The zero-order valence-electron chi connectivity index (χ0n) is 12.1. The van der Waals surface area contributed by atoms with Crippen molar-refractivity contribution in [1.29, 1.82) is 0 Å². The first-order valence-corrected chi connectivity index (χ1v) is 7.28. The number of nitrogens with zero attached hydrogens (tertiary/aromatic N) is 1. The van der Waals surface area contributed by atoms with E-state index in [0.29, 0.717) is 11.7 Å². The van der Waals surface area contributed by atoms with Gasteiger partial charge in [-0.2, -0.15) is 0 Å². The molecule has 112 valence electrons. The minimum absolute atomic E-state index is 0.207. The molecular weight excluding hydrogens is 271 g/mol. The number of hydrogen-bond donors (Lipinski definition) is 1. The van der Waals surface area contributed by atoms with E-state index < -0.39 is 0 Å². The van der Waals surface area contributed by atoms with E-state index in [-0.39, 0.29) is 11.6 Å². The number of aryl methyl sites for hydroxylation is 1. The average Bonchev–Trinajstić information content (AvgIpc) is 3.21. The van der Waals surface area contributed by atoms with E-state index in [2.05, 4.69) is 10.3 Å². The molecule has 0 bridgehead atoms. The van der Waals surface area contributed by atoms with Crippen molar-refractivity contribution in [2.75, 3.05) is 13.7 Å². The molecule has 2 aromatic rings. The summed E-state index contributed by atoms with van der Waals surface area (Å²) in [5.74, 6) is 1.18. The minimum atomic E-state index is -0.382. The van der Waals surface area contributed by atoms with Gasteiger partial charge in [0, 0.05) is 18.0 Å². The van der Waals surface area contributed by atoms with Crippen LogP contribution in [0.4, 0.5) is 4.39 Å². The summed E-state index contributed by atoms with van der Waals surface area (Å²) in [4.78, 5) is 4.27. The molecule has 0 atom stereocenters. The summed E-state index contributed by atoms with van der Waals surface area (Å²) in [6.07, 6.45) is 6.09. The molecule has 1 saturated carbocycles. The first-order chi connectivity index (χ1) is 10.3. The zero-order valence-corrected chi connectivity index (χ0v) is 12.1. The Kier molecular flexibility index (Phi) is 4.20. The maximum absolute atomic E-state index is 13.4. The van der Waals surface area contributed by atoms with Crippen molar-refractivity contribution in [3.63, 3.8) is 0 Å². The fourth-order valence-corrected chi connectivity index (χ4v) is 2.21. The van der Waals surface area contributed by atoms with Gasteiger partial charge < -0.3 is 14.5 Å². The predicted molar refractivity (Wildman–Crippen MR) is 77.8 cm³/mol. The normalized spacial score (nSPS) is 14.4. The molecule has 4 nitrogen and oxygen atoms in total. The van der Waals surface area contributed by atoms with E-state index >= 15 is 0 Å². The monoisotopic (exact) mass is 290 g/mol. The van der Waals surface area contributed by atoms with Gasteiger partial charge in [-0.3, -0.25) is 0 Å². The summed E-state index contributed by atoms with van der Waals surface area (Å²) in [6.45, 7) is 0.993. The number of halogens is 1.